The van der Waals surface area contributed by atoms with Gasteiger partial charge in [0.05, 0.1) is 7.11 Å². The van der Waals surface area contributed by atoms with Crippen molar-refractivity contribution in [3.05, 3.63) is 60.4 Å². The number of methoxy groups -OCH3 is 1. The summed E-state index contributed by atoms with van der Waals surface area (Å²) in [6.07, 6.45) is 1.50. The van der Waals surface area contributed by atoms with Crippen molar-refractivity contribution in [2.24, 2.45) is 0 Å². The summed E-state index contributed by atoms with van der Waals surface area (Å²) in [7, 11) is 1.31. The van der Waals surface area contributed by atoms with Crippen LogP contribution in [-0.4, -0.2) is 18.1 Å². The molecule has 1 heterocycles. The summed E-state index contributed by atoms with van der Waals surface area (Å²) in [6, 6.07) is 14.5. The fourth-order valence-electron chi connectivity index (χ4n) is 2.20. The molecule has 5 heteroatoms. The van der Waals surface area contributed by atoms with Gasteiger partial charge in [-0.1, -0.05) is 24.3 Å². The van der Waals surface area contributed by atoms with Gasteiger partial charge in [-0.15, -0.1) is 0 Å². The van der Waals surface area contributed by atoms with Crippen LogP contribution in [-0.2, 0) is 4.74 Å². The first kappa shape index (κ1) is 13.9. The fourth-order valence-corrected chi connectivity index (χ4v) is 2.20. The van der Waals surface area contributed by atoms with Crippen molar-refractivity contribution >= 4 is 22.4 Å². The van der Waals surface area contributed by atoms with E-state index < -0.39 is 5.97 Å². The first-order chi connectivity index (χ1) is 10.7. The molecule has 0 unspecified atom stereocenters. The van der Waals surface area contributed by atoms with Crippen LogP contribution in [0.5, 0.6) is 11.5 Å². The molecule has 0 aliphatic heterocycles. The maximum Gasteiger partial charge on any atom is 0.356 e. The molecular weight excluding hydrogens is 280 g/mol. The standard InChI is InChI=1S/C17H14N2O3/c1-21-17(20)15-10-11(8-9-19-15)22-16-7-6-14(18)12-4-2-3-5-13(12)16/h2-10H,18H2,1H3. The molecule has 0 aliphatic carbocycles. The monoisotopic (exact) mass is 294 g/mol. The molecular formula is C17H14N2O3. The van der Waals surface area contributed by atoms with Crippen molar-refractivity contribution < 1.29 is 14.3 Å². The van der Waals surface area contributed by atoms with Crippen molar-refractivity contribution in [2.75, 3.05) is 12.8 Å². The number of aromatic nitrogens is 1. The van der Waals surface area contributed by atoms with Gasteiger partial charge in [-0.3, -0.25) is 0 Å². The summed E-state index contributed by atoms with van der Waals surface area (Å²) in [5.41, 5.74) is 6.86. The quantitative estimate of drug-likeness (QED) is 0.592. The molecule has 3 aromatic rings. The Morgan fingerprint density at radius 2 is 1.86 bits per heavy atom. The van der Waals surface area contributed by atoms with E-state index in [9.17, 15) is 4.79 Å². The molecule has 2 N–H and O–H groups in total. The predicted octanol–water partition coefficient (Wildman–Crippen LogP) is 3.40. The highest BCUT2D eigenvalue weighted by molar-refractivity contribution is 5.97. The number of nitrogens with two attached hydrogens (primary N) is 1. The van der Waals surface area contributed by atoms with Crippen molar-refractivity contribution in [1.29, 1.82) is 0 Å². The number of hydrogen-bond acceptors (Lipinski definition) is 5. The molecule has 0 saturated carbocycles. The third-order valence-electron chi connectivity index (χ3n) is 3.27. The zero-order valence-electron chi connectivity index (χ0n) is 11.9. The summed E-state index contributed by atoms with van der Waals surface area (Å²) in [6.45, 7) is 0. The molecule has 2 aromatic carbocycles. The van der Waals surface area contributed by atoms with Crippen LogP contribution in [0.3, 0.4) is 0 Å². The highest BCUT2D eigenvalue weighted by atomic mass is 16.5. The number of nitrogen functional groups attached to an aromatic ring is 1. The van der Waals surface area contributed by atoms with E-state index in [1.807, 2.05) is 24.3 Å². The molecule has 0 radical (unpaired) electrons. The molecule has 0 spiro atoms. The van der Waals surface area contributed by atoms with E-state index >= 15 is 0 Å². The number of carbonyl (C=O) groups is 1. The van der Waals surface area contributed by atoms with Crippen LogP contribution >= 0.6 is 0 Å². The Bertz CT molecular complexity index is 846. The van der Waals surface area contributed by atoms with E-state index in [4.69, 9.17) is 10.5 Å². The number of carbonyl (C=O) groups excluding carboxylic acids is 1. The molecule has 5 nitrogen and oxygen atoms in total. The minimum Gasteiger partial charge on any atom is -0.464 e. The molecule has 0 aliphatic rings. The first-order valence-electron chi connectivity index (χ1n) is 6.68. The number of benzene rings is 2. The van der Waals surface area contributed by atoms with Gasteiger partial charge in [-0.25, -0.2) is 9.78 Å². The van der Waals surface area contributed by atoms with Crippen LogP contribution in [0.4, 0.5) is 5.69 Å². The fraction of sp³-hybridized carbons (Fsp3) is 0.0588. The number of ether oxygens (including phenoxy) is 2. The van der Waals surface area contributed by atoms with Gasteiger partial charge in [-0.05, 0) is 18.2 Å². The molecule has 1 aromatic heterocycles. The second-order valence-corrected chi connectivity index (χ2v) is 4.67. The lowest BCUT2D eigenvalue weighted by molar-refractivity contribution is 0.0593. The predicted molar refractivity (Wildman–Crippen MR) is 84.0 cm³/mol. The van der Waals surface area contributed by atoms with Gasteiger partial charge in [0.1, 0.15) is 11.5 Å². The molecule has 0 fully saturated rings. The highest BCUT2D eigenvalue weighted by Gasteiger charge is 2.10. The third-order valence-corrected chi connectivity index (χ3v) is 3.27. The van der Waals surface area contributed by atoms with Crippen molar-refractivity contribution in [3.8, 4) is 11.5 Å². The summed E-state index contributed by atoms with van der Waals surface area (Å²) >= 11 is 0. The van der Waals surface area contributed by atoms with Gasteiger partial charge in [0.15, 0.2) is 5.69 Å². The average Bonchev–Trinajstić information content (AvgIpc) is 2.57. The van der Waals surface area contributed by atoms with Gasteiger partial charge < -0.3 is 15.2 Å². The Kier molecular flexibility index (Phi) is 3.62. The largest absolute Gasteiger partial charge is 0.464 e. The minimum atomic E-state index is -0.507. The van der Waals surface area contributed by atoms with Crippen LogP contribution < -0.4 is 10.5 Å². The van der Waals surface area contributed by atoms with E-state index in [2.05, 4.69) is 9.72 Å². The summed E-state index contributed by atoms with van der Waals surface area (Å²) in [4.78, 5) is 15.5. The zero-order valence-corrected chi connectivity index (χ0v) is 11.9. The van der Waals surface area contributed by atoms with Crippen molar-refractivity contribution in [1.82, 2.24) is 4.98 Å². The lowest BCUT2D eigenvalue weighted by Crippen LogP contribution is -2.03. The van der Waals surface area contributed by atoms with E-state index in [0.717, 1.165) is 10.8 Å². The summed E-state index contributed by atoms with van der Waals surface area (Å²) < 4.78 is 10.5. The number of fused-ring (bicyclic) bond motifs is 1. The third kappa shape index (κ3) is 2.56. The molecule has 22 heavy (non-hydrogen) atoms. The number of pyridine rings is 1. The van der Waals surface area contributed by atoms with Gasteiger partial charge in [-0.2, -0.15) is 0 Å². The molecule has 0 atom stereocenters. The van der Waals surface area contributed by atoms with E-state index in [1.165, 1.54) is 19.4 Å². The lowest BCUT2D eigenvalue weighted by atomic mass is 10.1. The maximum absolute atomic E-state index is 11.5. The molecule has 0 bridgehead atoms. The van der Waals surface area contributed by atoms with Crippen LogP contribution in [0.1, 0.15) is 10.5 Å². The van der Waals surface area contributed by atoms with Gasteiger partial charge >= 0.3 is 5.97 Å². The number of rotatable bonds is 3. The van der Waals surface area contributed by atoms with Crippen LogP contribution in [0.25, 0.3) is 10.8 Å². The van der Waals surface area contributed by atoms with E-state index in [-0.39, 0.29) is 5.69 Å². The SMILES string of the molecule is COC(=O)c1cc(Oc2ccc(N)c3ccccc23)ccn1. The van der Waals surface area contributed by atoms with E-state index in [1.54, 1.807) is 18.2 Å². The number of esters is 1. The molecule has 0 saturated heterocycles. The lowest BCUT2D eigenvalue weighted by Gasteiger charge is -2.11. The van der Waals surface area contributed by atoms with E-state index in [0.29, 0.717) is 17.2 Å². The number of hydrogen-bond donors (Lipinski definition) is 1. The molecule has 3 rings (SSSR count). The van der Waals surface area contributed by atoms with Gasteiger partial charge in [0.25, 0.3) is 0 Å². The first-order valence-corrected chi connectivity index (χ1v) is 6.68. The Hall–Kier alpha value is -3.08. The molecule has 110 valence electrons. The smallest absolute Gasteiger partial charge is 0.356 e. The zero-order chi connectivity index (χ0) is 15.5. The summed E-state index contributed by atoms with van der Waals surface area (Å²) in [5.74, 6) is 0.657. The second kappa shape index (κ2) is 5.73. The minimum absolute atomic E-state index is 0.194. The Balaban J connectivity index is 2.00. The van der Waals surface area contributed by atoms with Crippen LogP contribution in [0, 0.1) is 0 Å². The van der Waals surface area contributed by atoms with Crippen LogP contribution in [0.15, 0.2) is 54.7 Å². The second-order valence-electron chi connectivity index (χ2n) is 4.67. The average molecular weight is 294 g/mol. The Morgan fingerprint density at radius 3 is 2.64 bits per heavy atom. The Morgan fingerprint density at radius 1 is 1.09 bits per heavy atom. The topological polar surface area (TPSA) is 74.4 Å². The Labute approximate surface area is 127 Å². The van der Waals surface area contributed by atoms with Crippen LogP contribution in [0.2, 0.25) is 0 Å². The normalized spacial score (nSPS) is 10.4. The van der Waals surface area contributed by atoms with Gasteiger partial charge in [0.2, 0.25) is 0 Å². The number of nitrogens with zero attached hydrogens (tertiary/aromatic N) is 1. The van der Waals surface area contributed by atoms with Crippen molar-refractivity contribution in [2.45, 2.75) is 0 Å². The summed E-state index contributed by atoms with van der Waals surface area (Å²) in [5, 5.41) is 1.82. The molecule has 0 amide bonds. The van der Waals surface area contributed by atoms with Crippen molar-refractivity contribution in [3.63, 3.8) is 0 Å². The van der Waals surface area contributed by atoms with Gasteiger partial charge in [0, 0.05) is 28.7 Å². The highest BCUT2D eigenvalue weighted by Crippen LogP contribution is 2.33. The number of anilines is 1. The maximum atomic E-state index is 11.5.